The first kappa shape index (κ1) is 13.8. The molecule has 6 heteroatoms. The molecule has 1 aliphatic heterocycles. The van der Waals surface area contributed by atoms with Crippen LogP contribution in [0.2, 0.25) is 5.02 Å². The Hall–Kier alpha value is -1.62. The van der Waals surface area contributed by atoms with Gasteiger partial charge in [0.05, 0.1) is 11.6 Å². The molecule has 0 aliphatic carbocycles. The van der Waals surface area contributed by atoms with Crippen molar-refractivity contribution in [3.8, 4) is 0 Å². The maximum Gasteiger partial charge on any atom is 0.245 e. The molecule has 1 N–H and O–H groups in total. The third kappa shape index (κ3) is 2.42. The highest BCUT2D eigenvalue weighted by Crippen LogP contribution is 2.26. The third-order valence-corrected chi connectivity index (χ3v) is 3.71. The van der Waals surface area contributed by atoms with Gasteiger partial charge >= 0.3 is 0 Å². The van der Waals surface area contributed by atoms with Crippen LogP contribution in [0.3, 0.4) is 0 Å². The number of rotatable bonds is 2. The number of amides is 2. The molecule has 1 aromatic carbocycles. The van der Waals surface area contributed by atoms with E-state index in [9.17, 15) is 14.0 Å². The Morgan fingerprint density at radius 3 is 2.79 bits per heavy atom. The Balaban J connectivity index is 2.32. The second kappa shape index (κ2) is 4.81. The number of halogens is 2. The molecule has 0 saturated carbocycles. The normalized spacial score (nSPS) is 18.4. The van der Waals surface area contributed by atoms with Crippen LogP contribution in [0, 0.1) is 5.82 Å². The minimum atomic E-state index is -0.981. The number of hydrogen-bond acceptors (Lipinski definition) is 2. The second-order valence-corrected chi connectivity index (χ2v) is 5.31. The summed E-state index contributed by atoms with van der Waals surface area (Å²) < 4.78 is 13.4. The van der Waals surface area contributed by atoms with E-state index in [2.05, 4.69) is 5.32 Å². The van der Waals surface area contributed by atoms with Gasteiger partial charge in [-0.3, -0.25) is 9.59 Å². The zero-order chi connectivity index (χ0) is 14.2. The quantitative estimate of drug-likeness (QED) is 0.899. The zero-order valence-corrected chi connectivity index (χ0v) is 11.4. The molecule has 19 heavy (non-hydrogen) atoms. The molecule has 1 fully saturated rings. The van der Waals surface area contributed by atoms with Gasteiger partial charge in [0.25, 0.3) is 0 Å². The van der Waals surface area contributed by atoms with Crippen LogP contribution in [0.4, 0.5) is 4.39 Å². The van der Waals surface area contributed by atoms with Crippen LogP contribution in [0.1, 0.15) is 19.4 Å². The number of nitrogens with zero attached hydrogens (tertiary/aromatic N) is 1. The van der Waals surface area contributed by atoms with E-state index in [0.29, 0.717) is 5.56 Å². The summed E-state index contributed by atoms with van der Waals surface area (Å²) in [4.78, 5) is 25.1. The molecule has 0 radical (unpaired) electrons. The summed E-state index contributed by atoms with van der Waals surface area (Å²) in [6.07, 6.45) is 0. The van der Waals surface area contributed by atoms with Gasteiger partial charge in [0, 0.05) is 6.54 Å². The number of hydrogen-bond donors (Lipinski definition) is 1. The molecule has 102 valence electrons. The third-order valence-electron chi connectivity index (χ3n) is 3.29. The number of benzene rings is 1. The van der Waals surface area contributed by atoms with Crippen molar-refractivity contribution in [1.29, 1.82) is 0 Å². The number of carbonyl (C=O) groups is 2. The monoisotopic (exact) mass is 284 g/mol. The van der Waals surface area contributed by atoms with Gasteiger partial charge in [0.1, 0.15) is 11.4 Å². The van der Waals surface area contributed by atoms with Crippen LogP contribution in [-0.4, -0.2) is 28.8 Å². The van der Waals surface area contributed by atoms with Gasteiger partial charge in [-0.15, -0.1) is 0 Å². The van der Waals surface area contributed by atoms with Crippen molar-refractivity contribution >= 4 is 23.4 Å². The van der Waals surface area contributed by atoms with Crippen molar-refractivity contribution in [3.63, 3.8) is 0 Å². The molecule has 4 nitrogen and oxygen atoms in total. The smallest absolute Gasteiger partial charge is 0.245 e. The number of piperazine rings is 1. The molecular formula is C13H14ClFN2O2. The lowest BCUT2D eigenvalue weighted by molar-refractivity contribution is -0.152. The summed E-state index contributed by atoms with van der Waals surface area (Å²) in [5.41, 5.74) is -0.497. The maximum absolute atomic E-state index is 13.4. The van der Waals surface area contributed by atoms with Crippen molar-refractivity contribution in [1.82, 2.24) is 10.2 Å². The summed E-state index contributed by atoms with van der Waals surface area (Å²) in [5.74, 6) is -0.990. The van der Waals surface area contributed by atoms with E-state index in [1.54, 1.807) is 19.9 Å². The zero-order valence-electron chi connectivity index (χ0n) is 10.7. The Bertz CT molecular complexity index is 545. The topological polar surface area (TPSA) is 49.4 Å². The lowest BCUT2D eigenvalue weighted by Crippen LogP contribution is -2.63. The highest BCUT2D eigenvalue weighted by molar-refractivity contribution is 6.31. The van der Waals surface area contributed by atoms with Crippen molar-refractivity contribution in [2.45, 2.75) is 25.9 Å². The molecule has 1 aromatic rings. The Kier molecular flexibility index (Phi) is 3.49. The molecule has 0 spiro atoms. The van der Waals surface area contributed by atoms with E-state index in [1.165, 1.54) is 17.0 Å². The first-order chi connectivity index (χ1) is 8.84. The average molecular weight is 285 g/mol. The fourth-order valence-electron chi connectivity index (χ4n) is 2.03. The first-order valence-electron chi connectivity index (χ1n) is 5.85. The second-order valence-electron chi connectivity index (χ2n) is 4.93. The van der Waals surface area contributed by atoms with E-state index in [1.807, 2.05) is 0 Å². The molecule has 1 heterocycles. The molecular weight excluding hydrogens is 271 g/mol. The minimum absolute atomic E-state index is 0.0166. The lowest BCUT2D eigenvalue weighted by atomic mass is 9.97. The maximum atomic E-state index is 13.4. The Morgan fingerprint density at radius 2 is 2.11 bits per heavy atom. The van der Waals surface area contributed by atoms with Crippen molar-refractivity contribution in [2.75, 3.05) is 6.54 Å². The fourth-order valence-corrected chi connectivity index (χ4v) is 2.21. The molecule has 0 atom stereocenters. The summed E-state index contributed by atoms with van der Waals surface area (Å²) in [5, 5.41) is 2.51. The highest BCUT2D eigenvalue weighted by atomic mass is 35.5. The van der Waals surface area contributed by atoms with Crippen LogP contribution < -0.4 is 5.32 Å². The van der Waals surface area contributed by atoms with Crippen LogP contribution in [-0.2, 0) is 16.1 Å². The summed E-state index contributed by atoms with van der Waals surface area (Å²) in [6.45, 7) is 3.35. The highest BCUT2D eigenvalue weighted by Gasteiger charge is 2.41. The van der Waals surface area contributed by atoms with Gasteiger partial charge in [-0.2, -0.15) is 0 Å². The van der Waals surface area contributed by atoms with Crippen molar-refractivity contribution in [2.24, 2.45) is 0 Å². The van der Waals surface area contributed by atoms with E-state index in [0.717, 1.165) is 0 Å². The number of carbonyl (C=O) groups excluding carboxylic acids is 2. The fraction of sp³-hybridized carbons (Fsp3) is 0.385. The van der Waals surface area contributed by atoms with Crippen LogP contribution in [0.5, 0.6) is 0 Å². The molecule has 1 aliphatic rings. The average Bonchev–Trinajstić information content (AvgIpc) is 2.35. The molecule has 0 bridgehead atoms. The summed E-state index contributed by atoms with van der Waals surface area (Å²) in [7, 11) is 0. The largest absolute Gasteiger partial charge is 0.345 e. The molecule has 1 saturated heterocycles. The predicted octanol–water partition coefficient (Wildman–Crippen LogP) is 1.72. The lowest BCUT2D eigenvalue weighted by Gasteiger charge is -2.41. The number of nitrogens with one attached hydrogen (secondary N) is 1. The van der Waals surface area contributed by atoms with E-state index in [4.69, 9.17) is 11.6 Å². The van der Waals surface area contributed by atoms with Gasteiger partial charge < -0.3 is 10.2 Å². The Morgan fingerprint density at radius 1 is 1.42 bits per heavy atom. The van der Waals surface area contributed by atoms with Gasteiger partial charge in [0.15, 0.2) is 0 Å². The van der Waals surface area contributed by atoms with Gasteiger partial charge in [-0.05, 0) is 25.5 Å². The van der Waals surface area contributed by atoms with Crippen LogP contribution in [0.25, 0.3) is 0 Å². The molecule has 0 unspecified atom stereocenters. The van der Waals surface area contributed by atoms with Gasteiger partial charge in [-0.25, -0.2) is 4.39 Å². The summed E-state index contributed by atoms with van der Waals surface area (Å²) >= 11 is 5.88. The van der Waals surface area contributed by atoms with Crippen LogP contribution in [0.15, 0.2) is 18.2 Å². The van der Waals surface area contributed by atoms with Gasteiger partial charge in [0.2, 0.25) is 11.8 Å². The van der Waals surface area contributed by atoms with Crippen LogP contribution >= 0.6 is 11.6 Å². The van der Waals surface area contributed by atoms with E-state index in [-0.39, 0.29) is 29.9 Å². The van der Waals surface area contributed by atoms with E-state index < -0.39 is 11.4 Å². The van der Waals surface area contributed by atoms with Crippen molar-refractivity contribution < 1.29 is 14.0 Å². The van der Waals surface area contributed by atoms with E-state index >= 15 is 0 Å². The summed E-state index contributed by atoms with van der Waals surface area (Å²) in [6, 6.07) is 4.42. The van der Waals surface area contributed by atoms with Gasteiger partial charge in [-0.1, -0.05) is 23.7 Å². The Labute approximate surface area is 115 Å². The first-order valence-corrected chi connectivity index (χ1v) is 6.23. The SMILES string of the molecule is CC1(C)C(=O)NCC(=O)N1Cc1cccc(F)c1Cl. The molecule has 2 amide bonds. The standard InChI is InChI=1S/C13H14ClFN2O2/c1-13(2)12(19)16-6-10(18)17(13)7-8-4-3-5-9(15)11(8)14/h3-5H,6-7H2,1-2H3,(H,16,19). The minimum Gasteiger partial charge on any atom is -0.345 e. The predicted molar refractivity (Wildman–Crippen MR) is 69.0 cm³/mol. The molecule has 2 rings (SSSR count). The molecule has 0 aromatic heterocycles. The van der Waals surface area contributed by atoms with Crippen molar-refractivity contribution in [3.05, 3.63) is 34.6 Å².